The van der Waals surface area contributed by atoms with Crippen molar-refractivity contribution in [2.75, 3.05) is 11.9 Å². The summed E-state index contributed by atoms with van der Waals surface area (Å²) in [4.78, 5) is 35.0. The molecule has 5 N–H and O–H groups in total. The number of carbonyl (C=O) groups excluding carboxylic acids is 3. The number of halogens is 1. The van der Waals surface area contributed by atoms with Crippen molar-refractivity contribution in [1.82, 2.24) is 10.6 Å². The third-order valence-electron chi connectivity index (χ3n) is 3.36. The monoisotopic (exact) mass is 384 g/mol. The van der Waals surface area contributed by atoms with Gasteiger partial charge in [0.15, 0.2) is 0 Å². The zero-order valence-corrected chi connectivity index (χ0v) is 14.6. The molecule has 0 aliphatic heterocycles. The molecule has 0 spiro atoms. The second kappa shape index (κ2) is 9.14. The average molecular weight is 385 g/mol. The molecule has 0 aliphatic carbocycles. The number of rotatable bonds is 7. The summed E-state index contributed by atoms with van der Waals surface area (Å²) >= 11 is 3.32. The Morgan fingerprint density at radius 2 is 1.91 bits per heavy atom. The largest absolute Gasteiger partial charge is 0.352 e. The fourth-order valence-electron chi connectivity index (χ4n) is 1.89. The van der Waals surface area contributed by atoms with E-state index in [0.29, 0.717) is 12.1 Å². The Bertz CT molecular complexity index is 580. The Hall–Kier alpha value is -2.09. The third kappa shape index (κ3) is 6.27. The van der Waals surface area contributed by atoms with Crippen molar-refractivity contribution in [2.45, 2.75) is 26.3 Å². The van der Waals surface area contributed by atoms with E-state index < -0.39 is 18.0 Å². The van der Waals surface area contributed by atoms with Gasteiger partial charge in [0.2, 0.25) is 11.8 Å². The quantitative estimate of drug-likeness (QED) is 0.572. The molecule has 0 unspecified atom stereocenters. The van der Waals surface area contributed by atoms with E-state index in [2.05, 4.69) is 31.9 Å². The highest BCUT2D eigenvalue weighted by atomic mass is 79.9. The minimum Gasteiger partial charge on any atom is -0.352 e. The smallest absolute Gasteiger partial charge is 0.312 e. The summed E-state index contributed by atoms with van der Waals surface area (Å²) in [6.07, 6.45) is 0.682. The van der Waals surface area contributed by atoms with Crippen molar-refractivity contribution in [2.24, 2.45) is 11.7 Å². The second-order valence-corrected chi connectivity index (χ2v) is 5.97. The fraction of sp³-hybridized carbons (Fsp3) is 0.400. The van der Waals surface area contributed by atoms with Gasteiger partial charge in [-0.2, -0.15) is 0 Å². The van der Waals surface area contributed by atoms with E-state index in [0.717, 1.165) is 4.47 Å². The van der Waals surface area contributed by atoms with E-state index in [-0.39, 0.29) is 18.4 Å². The Balaban J connectivity index is 2.57. The molecule has 0 aliphatic rings. The lowest BCUT2D eigenvalue weighted by Crippen LogP contribution is -2.52. The lowest BCUT2D eigenvalue weighted by atomic mass is 9.98. The molecular weight excluding hydrogens is 364 g/mol. The topological polar surface area (TPSA) is 113 Å². The first kappa shape index (κ1) is 19.0. The van der Waals surface area contributed by atoms with Crippen LogP contribution in [-0.4, -0.2) is 30.4 Å². The lowest BCUT2D eigenvalue weighted by Gasteiger charge is -2.22. The Kier molecular flexibility index (Phi) is 7.53. The normalized spacial score (nSPS) is 12.8. The lowest BCUT2D eigenvalue weighted by molar-refractivity contribution is -0.126. The summed E-state index contributed by atoms with van der Waals surface area (Å²) in [5, 5.41) is 7.58. The number of nitrogens with one attached hydrogen (secondary N) is 3. The molecule has 126 valence electrons. The van der Waals surface area contributed by atoms with Crippen LogP contribution >= 0.6 is 15.9 Å². The Morgan fingerprint density at radius 1 is 1.26 bits per heavy atom. The first-order valence-electron chi connectivity index (χ1n) is 7.23. The molecule has 0 saturated carbocycles. The second-order valence-electron chi connectivity index (χ2n) is 5.12. The molecule has 0 radical (unpaired) electrons. The fourth-order valence-corrected chi connectivity index (χ4v) is 2.27. The molecule has 8 heteroatoms. The molecule has 4 amide bonds. The molecule has 1 rings (SSSR count). The van der Waals surface area contributed by atoms with Crippen molar-refractivity contribution in [3.63, 3.8) is 0 Å². The molecule has 7 nitrogen and oxygen atoms in total. The van der Waals surface area contributed by atoms with Gasteiger partial charge in [0.05, 0.1) is 12.2 Å². The zero-order valence-electron chi connectivity index (χ0n) is 13.1. The van der Waals surface area contributed by atoms with Crippen molar-refractivity contribution in [1.29, 1.82) is 0 Å². The number of primary amides is 1. The van der Waals surface area contributed by atoms with Crippen LogP contribution in [0.1, 0.15) is 20.3 Å². The number of carbonyl (C=O) groups is 3. The first-order chi connectivity index (χ1) is 10.8. The van der Waals surface area contributed by atoms with Gasteiger partial charge in [-0.05, 0) is 34.0 Å². The van der Waals surface area contributed by atoms with E-state index in [9.17, 15) is 14.4 Å². The summed E-state index contributed by atoms with van der Waals surface area (Å²) < 4.78 is 0.743. The van der Waals surface area contributed by atoms with Crippen LogP contribution in [0.25, 0.3) is 0 Å². The van der Waals surface area contributed by atoms with Gasteiger partial charge in [-0.25, -0.2) is 4.79 Å². The van der Waals surface area contributed by atoms with Crippen LogP contribution in [0.4, 0.5) is 10.5 Å². The summed E-state index contributed by atoms with van der Waals surface area (Å²) in [6, 6.07) is 5.60. The predicted octanol–water partition coefficient (Wildman–Crippen LogP) is 1.59. The summed E-state index contributed by atoms with van der Waals surface area (Å²) in [6.45, 7) is 3.52. The van der Waals surface area contributed by atoms with Crippen LogP contribution in [0.5, 0.6) is 0 Å². The number of anilines is 1. The minimum absolute atomic E-state index is 0.103. The molecule has 0 heterocycles. The summed E-state index contributed by atoms with van der Waals surface area (Å²) in [5.74, 6) is -0.915. The van der Waals surface area contributed by atoms with Crippen LogP contribution in [0.15, 0.2) is 28.7 Å². The molecular formula is C15H21BrN4O3. The van der Waals surface area contributed by atoms with Gasteiger partial charge < -0.3 is 21.7 Å². The molecule has 0 saturated heterocycles. The van der Waals surface area contributed by atoms with Crippen molar-refractivity contribution < 1.29 is 14.4 Å². The van der Waals surface area contributed by atoms with Crippen molar-refractivity contribution in [3.05, 3.63) is 28.7 Å². The zero-order chi connectivity index (χ0) is 17.4. The third-order valence-corrected chi connectivity index (χ3v) is 4.06. The van der Waals surface area contributed by atoms with E-state index in [1.807, 2.05) is 19.9 Å². The highest BCUT2D eigenvalue weighted by molar-refractivity contribution is 9.10. The predicted molar refractivity (Wildman–Crippen MR) is 91.7 cm³/mol. The SMILES string of the molecule is CC[C@H](C)[C@H](NC(N)=O)C(=O)NCC(=O)Nc1ccccc1Br. The number of hydrogen-bond acceptors (Lipinski definition) is 3. The molecule has 0 bridgehead atoms. The van der Waals surface area contributed by atoms with Gasteiger partial charge in [-0.1, -0.05) is 32.4 Å². The van der Waals surface area contributed by atoms with Crippen LogP contribution in [0, 0.1) is 5.92 Å². The average Bonchev–Trinajstić information content (AvgIpc) is 2.51. The molecule has 0 aromatic heterocycles. The van der Waals surface area contributed by atoms with Crippen LogP contribution in [0.2, 0.25) is 0 Å². The summed E-state index contributed by atoms with van der Waals surface area (Å²) in [5.41, 5.74) is 5.70. The highest BCUT2D eigenvalue weighted by Gasteiger charge is 2.25. The maximum absolute atomic E-state index is 12.1. The molecule has 1 aromatic rings. The van der Waals surface area contributed by atoms with Gasteiger partial charge in [0.25, 0.3) is 0 Å². The molecule has 2 atom stereocenters. The van der Waals surface area contributed by atoms with Crippen LogP contribution in [0.3, 0.4) is 0 Å². The van der Waals surface area contributed by atoms with Crippen LogP contribution in [-0.2, 0) is 9.59 Å². The highest BCUT2D eigenvalue weighted by Crippen LogP contribution is 2.20. The van der Waals surface area contributed by atoms with Gasteiger partial charge in [-0.3, -0.25) is 9.59 Å². The van der Waals surface area contributed by atoms with E-state index in [4.69, 9.17) is 5.73 Å². The standard InChI is InChI=1S/C15H21BrN4O3/c1-3-9(2)13(20-15(17)23)14(22)18-8-12(21)19-11-7-5-4-6-10(11)16/h4-7,9,13H,3,8H2,1-2H3,(H,18,22)(H,19,21)(H3,17,20,23)/t9-,13-/m0/s1. The number of amides is 4. The van der Waals surface area contributed by atoms with Gasteiger partial charge in [0.1, 0.15) is 6.04 Å². The van der Waals surface area contributed by atoms with Crippen molar-refractivity contribution >= 4 is 39.5 Å². The summed E-state index contributed by atoms with van der Waals surface area (Å²) in [7, 11) is 0. The van der Waals surface area contributed by atoms with E-state index >= 15 is 0 Å². The van der Waals surface area contributed by atoms with Gasteiger partial charge in [0, 0.05) is 4.47 Å². The maximum Gasteiger partial charge on any atom is 0.312 e. The van der Waals surface area contributed by atoms with E-state index in [1.165, 1.54) is 0 Å². The first-order valence-corrected chi connectivity index (χ1v) is 8.02. The molecule has 23 heavy (non-hydrogen) atoms. The molecule has 1 aromatic carbocycles. The Morgan fingerprint density at radius 3 is 2.48 bits per heavy atom. The van der Waals surface area contributed by atoms with Crippen molar-refractivity contribution in [3.8, 4) is 0 Å². The van der Waals surface area contributed by atoms with Gasteiger partial charge >= 0.3 is 6.03 Å². The number of para-hydroxylation sites is 1. The number of urea groups is 1. The van der Waals surface area contributed by atoms with Crippen LogP contribution < -0.4 is 21.7 Å². The minimum atomic E-state index is -0.775. The number of benzene rings is 1. The van der Waals surface area contributed by atoms with E-state index in [1.54, 1.807) is 18.2 Å². The Labute approximate surface area is 143 Å². The van der Waals surface area contributed by atoms with Gasteiger partial charge in [-0.15, -0.1) is 0 Å². The molecule has 0 fully saturated rings. The number of nitrogens with two attached hydrogens (primary N) is 1. The number of hydrogen-bond donors (Lipinski definition) is 4. The maximum atomic E-state index is 12.1.